The fourth-order valence-electron chi connectivity index (χ4n) is 3.18. The van der Waals surface area contributed by atoms with Crippen molar-refractivity contribution in [2.24, 2.45) is 12.0 Å². The summed E-state index contributed by atoms with van der Waals surface area (Å²) in [5.41, 5.74) is 2.90. The lowest BCUT2D eigenvalue weighted by molar-refractivity contribution is 0.686. The maximum atomic E-state index is 4.87. The summed E-state index contributed by atoms with van der Waals surface area (Å²) in [7, 11) is 1.96. The molecular formula is C20H28BrN5. The smallest absolute Gasteiger partial charge is 0.191 e. The second-order valence-corrected chi connectivity index (χ2v) is 7.95. The molecule has 5 nitrogen and oxygen atoms in total. The van der Waals surface area contributed by atoms with E-state index in [0.29, 0.717) is 0 Å². The van der Waals surface area contributed by atoms with Gasteiger partial charge in [-0.1, -0.05) is 28.1 Å². The Morgan fingerprint density at radius 3 is 2.85 bits per heavy atom. The van der Waals surface area contributed by atoms with Gasteiger partial charge < -0.3 is 10.6 Å². The second-order valence-electron chi connectivity index (χ2n) is 7.04. The van der Waals surface area contributed by atoms with Crippen molar-refractivity contribution in [1.29, 1.82) is 0 Å². The molecule has 1 fully saturated rings. The van der Waals surface area contributed by atoms with Crippen LogP contribution in [0.4, 0.5) is 0 Å². The van der Waals surface area contributed by atoms with E-state index in [9.17, 15) is 0 Å². The number of nitrogens with one attached hydrogen (secondary N) is 2. The van der Waals surface area contributed by atoms with Crippen LogP contribution in [0.3, 0.4) is 0 Å². The van der Waals surface area contributed by atoms with Crippen molar-refractivity contribution < 1.29 is 0 Å². The van der Waals surface area contributed by atoms with E-state index in [4.69, 9.17) is 4.99 Å². The van der Waals surface area contributed by atoms with Gasteiger partial charge in [0.25, 0.3) is 0 Å². The van der Waals surface area contributed by atoms with Crippen LogP contribution in [0.15, 0.2) is 46.1 Å². The van der Waals surface area contributed by atoms with Crippen LogP contribution in [0.25, 0.3) is 0 Å². The SMILES string of the molecule is CCNC(=NCC1(c2cccc(Br)c2)CC1)NCCCc1cnn(C)c1. The normalized spacial score (nSPS) is 15.7. The van der Waals surface area contributed by atoms with Crippen molar-refractivity contribution in [3.8, 4) is 0 Å². The van der Waals surface area contributed by atoms with E-state index < -0.39 is 0 Å². The Labute approximate surface area is 164 Å². The van der Waals surface area contributed by atoms with E-state index in [1.54, 1.807) is 0 Å². The minimum absolute atomic E-state index is 0.224. The predicted octanol–water partition coefficient (Wildman–Crippen LogP) is 3.40. The zero-order valence-electron chi connectivity index (χ0n) is 15.6. The Morgan fingerprint density at radius 1 is 1.35 bits per heavy atom. The van der Waals surface area contributed by atoms with Crippen LogP contribution in [0.5, 0.6) is 0 Å². The Balaban J connectivity index is 1.52. The van der Waals surface area contributed by atoms with Crippen LogP contribution in [-0.2, 0) is 18.9 Å². The molecule has 1 aliphatic rings. The number of aromatic nitrogens is 2. The van der Waals surface area contributed by atoms with E-state index in [1.807, 2.05) is 17.9 Å². The third-order valence-electron chi connectivity index (χ3n) is 4.87. The number of hydrogen-bond acceptors (Lipinski definition) is 2. The van der Waals surface area contributed by atoms with Gasteiger partial charge in [-0.05, 0) is 55.9 Å². The molecule has 0 atom stereocenters. The third-order valence-corrected chi connectivity index (χ3v) is 5.36. The first-order valence-electron chi connectivity index (χ1n) is 9.37. The van der Waals surface area contributed by atoms with Crippen molar-refractivity contribution in [3.63, 3.8) is 0 Å². The number of guanidine groups is 1. The third kappa shape index (κ3) is 5.10. The Morgan fingerprint density at radius 2 is 2.19 bits per heavy atom. The molecule has 0 unspecified atom stereocenters. The zero-order valence-corrected chi connectivity index (χ0v) is 17.2. The molecule has 0 bridgehead atoms. The van der Waals surface area contributed by atoms with Gasteiger partial charge >= 0.3 is 0 Å². The van der Waals surface area contributed by atoms with Crippen LogP contribution in [0.2, 0.25) is 0 Å². The molecular weight excluding hydrogens is 390 g/mol. The molecule has 0 saturated heterocycles. The summed E-state index contributed by atoms with van der Waals surface area (Å²) >= 11 is 3.58. The number of rotatable bonds is 8. The monoisotopic (exact) mass is 417 g/mol. The number of benzene rings is 1. The van der Waals surface area contributed by atoms with E-state index in [1.165, 1.54) is 24.0 Å². The minimum atomic E-state index is 0.224. The number of aryl methyl sites for hydroxylation is 2. The fourth-order valence-corrected chi connectivity index (χ4v) is 3.58. The molecule has 1 saturated carbocycles. The van der Waals surface area contributed by atoms with Gasteiger partial charge in [-0.3, -0.25) is 9.67 Å². The first-order chi connectivity index (χ1) is 12.6. The first kappa shape index (κ1) is 19.0. The zero-order chi connectivity index (χ0) is 18.4. The molecule has 140 valence electrons. The van der Waals surface area contributed by atoms with Gasteiger partial charge in [0, 0.05) is 36.2 Å². The highest BCUT2D eigenvalue weighted by Crippen LogP contribution is 2.48. The highest BCUT2D eigenvalue weighted by molar-refractivity contribution is 9.10. The largest absolute Gasteiger partial charge is 0.357 e. The summed E-state index contributed by atoms with van der Waals surface area (Å²) in [6.45, 7) is 4.72. The van der Waals surface area contributed by atoms with Crippen LogP contribution >= 0.6 is 15.9 Å². The number of hydrogen-bond donors (Lipinski definition) is 2. The first-order valence-corrected chi connectivity index (χ1v) is 10.2. The maximum absolute atomic E-state index is 4.87. The molecule has 2 aromatic rings. The van der Waals surface area contributed by atoms with Gasteiger partial charge in [0.2, 0.25) is 0 Å². The summed E-state index contributed by atoms with van der Waals surface area (Å²) in [5, 5.41) is 11.0. The molecule has 0 radical (unpaired) electrons. The molecule has 26 heavy (non-hydrogen) atoms. The standard InChI is InChI=1S/C20H28BrN5/c1-3-22-19(23-11-5-6-16-13-25-26(2)14-16)24-15-20(9-10-20)17-7-4-8-18(21)12-17/h4,7-8,12-14H,3,5-6,9-11,15H2,1-2H3,(H2,22,23,24). The predicted molar refractivity (Wildman–Crippen MR) is 111 cm³/mol. The van der Waals surface area contributed by atoms with E-state index >= 15 is 0 Å². The summed E-state index contributed by atoms with van der Waals surface area (Å²) in [6, 6.07) is 8.65. The molecule has 2 N–H and O–H groups in total. The average Bonchev–Trinajstić information content (AvgIpc) is 3.31. The second kappa shape index (κ2) is 8.71. The number of aliphatic imine (C=N–C) groups is 1. The minimum Gasteiger partial charge on any atom is -0.357 e. The van der Waals surface area contributed by atoms with Gasteiger partial charge in [0.05, 0.1) is 12.7 Å². The van der Waals surface area contributed by atoms with Gasteiger partial charge in [-0.2, -0.15) is 5.10 Å². The molecule has 6 heteroatoms. The lowest BCUT2D eigenvalue weighted by Crippen LogP contribution is -2.38. The van der Waals surface area contributed by atoms with Gasteiger partial charge in [0.15, 0.2) is 5.96 Å². The van der Waals surface area contributed by atoms with Gasteiger partial charge in [0.1, 0.15) is 0 Å². The quantitative estimate of drug-likeness (QED) is 0.393. The Hall–Kier alpha value is -1.82. The summed E-state index contributed by atoms with van der Waals surface area (Å²) in [5.74, 6) is 0.917. The topological polar surface area (TPSA) is 54.2 Å². The van der Waals surface area contributed by atoms with Crippen molar-refractivity contribution >= 4 is 21.9 Å². The van der Waals surface area contributed by atoms with E-state index in [0.717, 1.165) is 42.9 Å². The molecule has 3 rings (SSSR count). The molecule has 1 heterocycles. The number of halogens is 1. The van der Waals surface area contributed by atoms with Crippen LogP contribution in [0, 0.1) is 0 Å². The lowest BCUT2D eigenvalue weighted by atomic mass is 9.96. The highest BCUT2D eigenvalue weighted by Gasteiger charge is 2.44. The van der Waals surface area contributed by atoms with Crippen molar-refractivity contribution in [1.82, 2.24) is 20.4 Å². The summed E-state index contributed by atoms with van der Waals surface area (Å²) < 4.78 is 3.00. The fraction of sp³-hybridized carbons (Fsp3) is 0.500. The molecule has 1 aromatic heterocycles. The maximum Gasteiger partial charge on any atom is 0.191 e. The molecule has 0 spiro atoms. The highest BCUT2D eigenvalue weighted by atomic mass is 79.9. The van der Waals surface area contributed by atoms with E-state index in [2.05, 4.69) is 69.0 Å². The Bertz CT molecular complexity index is 748. The summed E-state index contributed by atoms with van der Waals surface area (Å²) in [6.07, 6.45) is 8.54. The average molecular weight is 418 g/mol. The molecule has 1 aromatic carbocycles. The number of nitrogens with zero attached hydrogens (tertiary/aromatic N) is 3. The lowest BCUT2D eigenvalue weighted by Gasteiger charge is -2.16. The van der Waals surface area contributed by atoms with Crippen molar-refractivity contribution in [2.45, 2.75) is 38.0 Å². The van der Waals surface area contributed by atoms with Crippen LogP contribution in [0.1, 0.15) is 37.3 Å². The van der Waals surface area contributed by atoms with Crippen molar-refractivity contribution in [2.75, 3.05) is 19.6 Å². The van der Waals surface area contributed by atoms with Crippen LogP contribution < -0.4 is 10.6 Å². The molecule has 0 amide bonds. The van der Waals surface area contributed by atoms with Gasteiger partial charge in [-0.15, -0.1) is 0 Å². The Kier molecular flexibility index (Phi) is 6.35. The van der Waals surface area contributed by atoms with Crippen molar-refractivity contribution in [3.05, 3.63) is 52.3 Å². The molecule has 1 aliphatic carbocycles. The van der Waals surface area contributed by atoms with Gasteiger partial charge in [-0.25, -0.2) is 0 Å². The van der Waals surface area contributed by atoms with Crippen LogP contribution in [-0.4, -0.2) is 35.4 Å². The molecule has 0 aliphatic heterocycles. The van der Waals surface area contributed by atoms with E-state index in [-0.39, 0.29) is 5.41 Å². The summed E-state index contributed by atoms with van der Waals surface area (Å²) in [4.78, 5) is 4.87.